The van der Waals surface area contributed by atoms with Crippen LogP contribution in [-0.2, 0) is 19.1 Å². The SMILES string of the molecule is CC[C@@H](Oc1ccccc1)C(=O)OCC(=O)N1c2ccccc2NC(=O)C[C@@H]1C. The van der Waals surface area contributed by atoms with Crippen molar-refractivity contribution in [2.75, 3.05) is 16.8 Å². The first-order valence-electron chi connectivity index (χ1n) is 9.59. The first-order valence-corrected chi connectivity index (χ1v) is 9.59. The Morgan fingerprint density at radius 2 is 1.83 bits per heavy atom. The first-order chi connectivity index (χ1) is 14.0. The van der Waals surface area contributed by atoms with Gasteiger partial charge in [0.15, 0.2) is 12.7 Å². The van der Waals surface area contributed by atoms with Crippen LogP contribution in [0.1, 0.15) is 26.7 Å². The van der Waals surface area contributed by atoms with Gasteiger partial charge in [-0.1, -0.05) is 37.3 Å². The number of esters is 1. The molecule has 1 aliphatic heterocycles. The molecule has 7 nitrogen and oxygen atoms in total. The second-order valence-corrected chi connectivity index (χ2v) is 6.82. The maximum absolute atomic E-state index is 12.9. The van der Waals surface area contributed by atoms with Gasteiger partial charge in [-0.2, -0.15) is 0 Å². The summed E-state index contributed by atoms with van der Waals surface area (Å²) >= 11 is 0. The maximum Gasteiger partial charge on any atom is 0.347 e. The van der Waals surface area contributed by atoms with Crippen LogP contribution in [0, 0.1) is 0 Å². The van der Waals surface area contributed by atoms with Crippen molar-refractivity contribution >= 4 is 29.2 Å². The third kappa shape index (κ3) is 4.93. The Bertz CT molecular complexity index is 884. The first kappa shape index (κ1) is 20.4. The van der Waals surface area contributed by atoms with E-state index in [-0.39, 0.29) is 18.4 Å². The van der Waals surface area contributed by atoms with Gasteiger partial charge in [0.2, 0.25) is 5.91 Å². The minimum Gasteiger partial charge on any atom is -0.479 e. The number of anilines is 2. The lowest BCUT2D eigenvalue weighted by Crippen LogP contribution is -2.42. The Balaban J connectivity index is 1.67. The molecule has 7 heteroatoms. The van der Waals surface area contributed by atoms with Crippen molar-refractivity contribution in [1.29, 1.82) is 0 Å². The maximum atomic E-state index is 12.9. The van der Waals surface area contributed by atoms with Crippen molar-refractivity contribution in [2.45, 2.75) is 38.8 Å². The minimum absolute atomic E-state index is 0.156. The van der Waals surface area contributed by atoms with Gasteiger partial charge in [-0.15, -0.1) is 0 Å². The van der Waals surface area contributed by atoms with Crippen molar-refractivity contribution in [1.82, 2.24) is 0 Å². The summed E-state index contributed by atoms with van der Waals surface area (Å²) < 4.78 is 10.9. The van der Waals surface area contributed by atoms with E-state index in [1.807, 2.05) is 18.2 Å². The summed E-state index contributed by atoms with van der Waals surface area (Å²) in [6.45, 7) is 3.16. The predicted molar refractivity (Wildman–Crippen MR) is 109 cm³/mol. The molecule has 0 spiro atoms. The zero-order valence-electron chi connectivity index (χ0n) is 16.5. The second kappa shape index (κ2) is 9.23. The molecule has 29 heavy (non-hydrogen) atoms. The number of para-hydroxylation sites is 3. The Kier molecular flexibility index (Phi) is 6.49. The average molecular weight is 396 g/mol. The molecule has 0 aliphatic carbocycles. The van der Waals surface area contributed by atoms with Crippen LogP contribution in [0.15, 0.2) is 54.6 Å². The number of nitrogens with zero attached hydrogens (tertiary/aromatic N) is 1. The van der Waals surface area contributed by atoms with E-state index < -0.39 is 24.6 Å². The summed E-state index contributed by atoms with van der Waals surface area (Å²) in [5, 5.41) is 2.80. The Morgan fingerprint density at radius 1 is 1.14 bits per heavy atom. The lowest BCUT2D eigenvalue weighted by Gasteiger charge is -2.27. The van der Waals surface area contributed by atoms with Gasteiger partial charge >= 0.3 is 5.97 Å². The van der Waals surface area contributed by atoms with Crippen LogP contribution in [0.4, 0.5) is 11.4 Å². The van der Waals surface area contributed by atoms with E-state index >= 15 is 0 Å². The zero-order chi connectivity index (χ0) is 20.8. The quantitative estimate of drug-likeness (QED) is 0.758. The summed E-state index contributed by atoms with van der Waals surface area (Å²) in [6.07, 6.45) is -0.242. The Morgan fingerprint density at radius 3 is 2.55 bits per heavy atom. The molecule has 2 aromatic carbocycles. The number of hydrogen-bond donors (Lipinski definition) is 1. The number of nitrogens with one attached hydrogen (secondary N) is 1. The van der Waals surface area contributed by atoms with Gasteiger partial charge in [-0.05, 0) is 37.6 Å². The van der Waals surface area contributed by atoms with E-state index in [9.17, 15) is 14.4 Å². The number of benzene rings is 2. The van der Waals surface area contributed by atoms with E-state index in [0.717, 1.165) is 0 Å². The molecule has 1 N–H and O–H groups in total. The van der Waals surface area contributed by atoms with E-state index in [4.69, 9.17) is 9.47 Å². The topological polar surface area (TPSA) is 84.9 Å². The summed E-state index contributed by atoms with van der Waals surface area (Å²) in [4.78, 5) is 38.8. The number of ether oxygens (including phenoxy) is 2. The highest BCUT2D eigenvalue weighted by Crippen LogP contribution is 2.31. The number of amides is 2. The highest BCUT2D eigenvalue weighted by molar-refractivity contribution is 6.05. The van der Waals surface area contributed by atoms with Crippen molar-refractivity contribution < 1.29 is 23.9 Å². The van der Waals surface area contributed by atoms with Gasteiger partial charge < -0.3 is 19.7 Å². The van der Waals surface area contributed by atoms with E-state index in [0.29, 0.717) is 23.5 Å². The van der Waals surface area contributed by atoms with Gasteiger partial charge in [0.05, 0.1) is 11.4 Å². The molecule has 0 bridgehead atoms. The van der Waals surface area contributed by atoms with Crippen LogP contribution in [0.5, 0.6) is 5.75 Å². The van der Waals surface area contributed by atoms with Crippen LogP contribution in [0.25, 0.3) is 0 Å². The van der Waals surface area contributed by atoms with Gasteiger partial charge in [-0.25, -0.2) is 4.79 Å². The molecule has 3 rings (SSSR count). The molecule has 1 heterocycles. The molecular weight excluding hydrogens is 372 g/mol. The van der Waals surface area contributed by atoms with Crippen molar-refractivity contribution in [2.24, 2.45) is 0 Å². The molecule has 1 aliphatic rings. The molecule has 0 radical (unpaired) electrons. The van der Waals surface area contributed by atoms with Crippen molar-refractivity contribution in [3.05, 3.63) is 54.6 Å². The van der Waals surface area contributed by atoms with E-state index in [1.54, 1.807) is 50.2 Å². The molecule has 2 atom stereocenters. The third-order valence-electron chi connectivity index (χ3n) is 4.62. The number of fused-ring (bicyclic) bond motifs is 1. The molecular formula is C22H24N2O5. The van der Waals surface area contributed by atoms with Gasteiger partial charge in [0, 0.05) is 12.5 Å². The fourth-order valence-corrected chi connectivity index (χ4v) is 3.22. The minimum atomic E-state index is -0.803. The van der Waals surface area contributed by atoms with Gasteiger partial charge in [0.25, 0.3) is 5.91 Å². The number of carbonyl (C=O) groups is 3. The van der Waals surface area contributed by atoms with Crippen LogP contribution >= 0.6 is 0 Å². The van der Waals surface area contributed by atoms with Gasteiger partial charge in [-0.3, -0.25) is 9.59 Å². The van der Waals surface area contributed by atoms with Crippen molar-refractivity contribution in [3.8, 4) is 5.75 Å². The summed E-state index contributed by atoms with van der Waals surface area (Å²) in [7, 11) is 0. The van der Waals surface area contributed by atoms with Gasteiger partial charge in [0.1, 0.15) is 5.75 Å². The fraction of sp³-hybridized carbons (Fsp3) is 0.318. The Labute approximate surface area is 169 Å². The average Bonchev–Trinajstić information content (AvgIpc) is 2.84. The monoisotopic (exact) mass is 396 g/mol. The number of carbonyl (C=O) groups excluding carboxylic acids is 3. The summed E-state index contributed by atoms with van der Waals surface area (Å²) in [6, 6.07) is 15.7. The molecule has 0 aromatic heterocycles. The standard InChI is InChI=1S/C22H24N2O5/c1-3-19(29-16-9-5-4-6-10-16)22(27)28-14-21(26)24-15(2)13-20(25)23-17-11-7-8-12-18(17)24/h4-12,15,19H,3,13-14H2,1-2H3,(H,23,25)/t15-,19+/m0/s1. The molecule has 0 saturated heterocycles. The van der Waals surface area contributed by atoms with Crippen LogP contribution in [0.3, 0.4) is 0 Å². The second-order valence-electron chi connectivity index (χ2n) is 6.82. The molecule has 2 amide bonds. The van der Waals surface area contributed by atoms with E-state index in [1.165, 1.54) is 4.90 Å². The molecule has 0 saturated carbocycles. The molecule has 2 aromatic rings. The third-order valence-corrected chi connectivity index (χ3v) is 4.62. The Hall–Kier alpha value is -3.35. The largest absolute Gasteiger partial charge is 0.479 e. The van der Waals surface area contributed by atoms with Crippen molar-refractivity contribution in [3.63, 3.8) is 0 Å². The summed E-state index contributed by atoms with van der Waals surface area (Å²) in [5.74, 6) is -0.610. The number of hydrogen-bond acceptors (Lipinski definition) is 5. The normalized spacial score (nSPS) is 16.8. The predicted octanol–water partition coefficient (Wildman–Crippen LogP) is 3.15. The smallest absolute Gasteiger partial charge is 0.347 e. The lowest BCUT2D eigenvalue weighted by molar-refractivity contribution is -0.155. The molecule has 0 unspecified atom stereocenters. The van der Waals surface area contributed by atoms with E-state index in [2.05, 4.69) is 5.32 Å². The highest BCUT2D eigenvalue weighted by Gasteiger charge is 2.30. The highest BCUT2D eigenvalue weighted by atomic mass is 16.6. The number of rotatable bonds is 6. The lowest BCUT2D eigenvalue weighted by atomic mass is 10.1. The molecule has 152 valence electrons. The van der Waals surface area contributed by atoms with Crippen LogP contribution in [0.2, 0.25) is 0 Å². The zero-order valence-corrected chi connectivity index (χ0v) is 16.5. The molecule has 0 fully saturated rings. The van der Waals surface area contributed by atoms with Crippen LogP contribution in [-0.4, -0.2) is 36.5 Å². The summed E-state index contributed by atoms with van der Waals surface area (Å²) in [5.41, 5.74) is 1.14. The van der Waals surface area contributed by atoms with Crippen LogP contribution < -0.4 is 15.0 Å². The fourth-order valence-electron chi connectivity index (χ4n) is 3.22.